The minimum Gasteiger partial charge on any atom is -0.387 e. The SMILES string of the molecule is Cc1cc(C(O)CNc2cccc(C)c2C)ccc1F. The van der Waals surface area contributed by atoms with E-state index < -0.39 is 6.10 Å². The molecule has 0 bridgehead atoms. The van der Waals surface area contributed by atoms with E-state index in [0.717, 1.165) is 11.3 Å². The second-order valence-electron chi connectivity index (χ2n) is 5.15. The Morgan fingerprint density at radius 3 is 2.55 bits per heavy atom. The summed E-state index contributed by atoms with van der Waals surface area (Å²) in [5, 5.41) is 13.4. The second kappa shape index (κ2) is 6.06. The summed E-state index contributed by atoms with van der Waals surface area (Å²) in [7, 11) is 0. The quantitative estimate of drug-likeness (QED) is 0.885. The molecule has 20 heavy (non-hydrogen) atoms. The van der Waals surface area contributed by atoms with Crippen LogP contribution in [0.15, 0.2) is 36.4 Å². The summed E-state index contributed by atoms with van der Waals surface area (Å²) in [6.07, 6.45) is -0.658. The molecule has 0 aliphatic heterocycles. The van der Waals surface area contributed by atoms with Crippen LogP contribution in [0, 0.1) is 26.6 Å². The Morgan fingerprint density at radius 2 is 1.85 bits per heavy atom. The molecule has 0 amide bonds. The van der Waals surface area contributed by atoms with Crippen molar-refractivity contribution in [2.24, 2.45) is 0 Å². The van der Waals surface area contributed by atoms with Gasteiger partial charge in [0.1, 0.15) is 5.82 Å². The Balaban J connectivity index is 2.06. The fourth-order valence-corrected chi connectivity index (χ4v) is 2.14. The molecule has 1 unspecified atom stereocenters. The number of halogens is 1. The Kier molecular flexibility index (Phi) is 4.40. The van der Waals surface area contributed by atoms with Gasteiger partial charge >= 0.3 is 0 Å². The van der Waals surface area contributed by atoms with Gasteiger partial charge in [-0.3, -0.25) is 0 Å². The lowest BCUT2D eigenvalue weighted by molar-refractivity contribution is 0.191. The van der Waals surface area contributed by atoms with Crippen LogP contribution in [-0.4, -0.2) is 11.7 Å². The molecule has 1 atom stereocenters. The first kappa shape index (κ1) is 14.5. The highest BCUT2D eigenvalue weighted by molar-refractivity contribution is 5.53. The van der Waals surface area contributed by atoms with Crippen LogP contribution in [0.4, 0.5) is 10.1 Å². The van der Waals surface area contributed by atoms with E-state index in [1.165, 1.54) is 17.2 Å². The molecule has 0 saturated heterocycles. The van der Waals surface area contributed by atoms with Crippen LogP contribution in [0.25, 0.3) is 0 Å². The lowest BCUT2D eigenvalue weighted by atomic mass is 10.1. The molecule has 0 fully saturated rings. The van der Waals surface area contributed by atoms with Crippen LogP contribution < -0.4 is 5.32 Å². The summed E-state index contributed by atoms with van der Waals surface area (Å²) in [6.45, 7) is 6.20. The molecular formula is C17H20FNO. The highest BCUT2D eigenvalue weighted by Crippen LogP contribution is 2.21. The molecule has 2 nitrogen and oxygen atoms in total. The van der Waals surface area contributed by atoms with Crippen molar-refractivity contribution in [1.29, 1.82) is 0 Å². The van der Waals surface area contributed by atoms with Gasteiger partial charge in [0.2, 0.25) is 0 Å². The van der Waals surface area contributed by atoms with Crippen molar-refractivity contribution in [3.63, 3.8) is 0 Å². The fraction of sp³-hybridized carbons (Fsp3) is 0.294. The van der Waals surface area contributed by atoms with Crippen molar-refractivity contribution in [3.8, 4) is 0 Å². The third-order valence-electron chi connectivity index (χ3n) is 3.66. The third kappa shape index (κ3) is 3.17. The summed E-state index contributed by atoms with van der Waals surface area (Å²) in [4.78, 5) is 0. The van der Waals surface area contributed by atoms with E-state index in [9.17, 15) is 9.50 Å². The molecule has 0 radical (unpaired) electrons. The first-order valence-electron chi connectivity index (χ1n) is 6.73. The summed E-state index contributed by atoms with van der Waals surface area (Å²) < 4.78 is 13.2. The van der Waals surface area contributed by atoms with E-state index >= 15 is 0 Å². The number of aryl methyl sites for hydroxylation is 2. The van der Waals surface area contributed by atoms with E-state index in [4.69, 9.17) is 0 Å². The smallest absolute Gasteiger partial charge is 0.126 e. The predicted molar refractivity (Wildman–Crippen MR) is 80.5 cm³/mol. The summed E-state index contributed by atoms with van der Waals surface area (Å²) in [5.74, 6) is -0.247. The number of anilines is 1. The summed E-state index contributed by atoms with van der Waals surface area (Å²) in [6, 6.07) is 10.7. The van der Waals surface area contributed by atoms with Gasteiger partial charge in [-0.2, -0.15) is 0 Å². The Labute approximate surface area is 119 Å². The number of hydrogen-bond acceptors (Lipinski definition) is 2. The maximum Gasteiger partial charge on any atom is 0.126 e. The molecule has 0 aromatic heterocycles. The number of aliphatic hydroxyl groups excluding tert-OH is 1. The average molecular weight is 273 g/mol. The van der Waals surface area contributed by atoms with E-state index in [0.29, 0.717) is 12.1 Å². The van der Waals surface area contributed by atoms with Gasteiger partial charge in [-0.05, 0) is 55.2 Å². The van der Waals surface area contributed by atoms with Gasteiger partial charge in [0.15, 0.2) is 0 Å². The molecule has 2 rings (SSSR count). The molecule has 0 spiro atoms. The standard InChI is InChI=1S/C17H20FNO/c1-11-5-4-6-16(13(11)3)19-10-17(20)14-7-8-15(18)12(2)9-14/h4-9,17,19-20H,10H2,1-3H3. The average Bonchev–Trinajstić information content (AvgIpc) is 2.43. The molecule has 0 saturated carbocycles. The molecule has 0 heterocycles. The van der Waals surface area contributed by atoms with Crippen molar-refractivity contribution >= 4 is 5.69 Å². The molecule has 2 aromatic carbocycles. The van der Waals surface area contributed by atoms with Crippen molar-refractivity contribution in [2.75, 3.05) is 11.9 Å². The van der Waals surface area contributed by atoms with Crippen LogP contribution in [0.5, 0.6) is 0 Å². The molecule has 0 aliphatic rings. The highest BCUT2D eigenvalue weighted by Gasteiger charge is 2.10. The normalized spacial score (nSPS) is 12.2. The van der Waals surface area contributed by atoms with Gasteiger partial charge in [0, 0.05) is 12.2 Å². The summed E-state index contributed by atoms with van der Waals surface area (Å²) >= 11 is 0. The minimum absolute atomic E-state index is 0.247. The highest BCUT2D eigenvalue weighted by atomic mass is 19.1. The van der Waals surface area contributed by atoms with Gasteiger partial charge in [-0.15, -0.1) is 0 Å². The van der Waals surface area contributed by atoms with Crippen LogP contribution >= 0.6 is 0 Å². The van der Waals surface area contributed by atoms with Crippen LogP contribution in [0.2, 0.25) is 0 Å². The topological polar surface area (TPSA) is 32.3 Å². The lowest BCUT2D eigenvalue weighted by Crippen LogP contribution is -2.13. The van der Waals surface area contributed by atoms with Crippen molar-refractivity contribution in [1.82, 2.24) is 0 Å². The third-order valence-corrected chi connectivity index (χ3v) is 3.66. The monoisotopic (exact) mass is 273 g/mol. The van der Waals surface area contributed by atoms with E-state index in [2.05, 4.69) is 18.3 Å². The number of nitrogens with one attached hydrogen (secondary N) is 1. The molecule has 0 aliphatic carbocycles. The zero-order chi connectivity index (χ0) is 14.7. The van der Waals surface area contributed by atoms with Gasteiger partial charge in [0.25, 0.3) is 0 Å². The number of hydrogen-bond donors (Lipinski definition) is 2. The molecule has 106 valence electrons. The van der Waals surface area contributed by atoms with Gasteiger partial charge in [-0.25, -0.2) is 4.39 Å². The number of aliphatic hydroxyl groups is 1. The summed E-state index contributed by atoms with van der Waals surface area (Å²) in [5.41, 5.74) is 4.68. The van der Waals surface area contributed by atoms with Crippen LogP contribution in [0.1, 0.15) is 28.4 Å². The van der Waals surface area contributed by atoms with Gasteiger partial charge < -0.3 is 10.4 Å². The molecular weight excluding hydrogens is 253 g/mol. The number of benzene rings is 2. The van der Waals surface area contributed by atoms with E-state index in [1.807, 2.05) is 19.1 Å². The van der Waals surface area contributed by atoms with E-state index in [-0.39, 0.29) is 5.82 Å². The first-order valence-corrected chi connectivity index (χ1v) is 6.73. The maximum atomic E-state index is 13.2. The second-order valence-corrected chi connectivity index (χ2v) is 5.15. The largest absolute Gasteiger partial charge is 0.387 e. The Bertz CT molecular complexity index is 610. The molecule has 2 aromatic rings. The molecule has 2 N–H and O–H groups in total. The van der Waals surface area contributed by atoms with Crippen LogP contribution in [0.3, 0.4) is 0 Å². The van der Waals surface area contributed by atoms with Crippen molar-refractivity contribution in [3.05, 3.63) is 64.5 Å². The minimum atomic E-state index is -0.658. The fourth-order valence-electron chi connectivity index (χ4n) is 2.14. The predicted octanol–water partition coefficient (Wildman–Crippen LogP) is 3.90. The number of rotatable bonds is 4. The van der Waals surface area contributed by atoms with Gasteiger partial charge in [-0.1, -0.05) is 24.3 Å². The molecule has 3 heteroatoms. The first-order chi connectivity index (χ1) is 9.49. The van der Waals surface area contributed by atoms with Crippen LogP contribution in [-0.2, 0) is 0 Å². The maximum absolute atomic E-state index is 13.2. The van der Waals surface area contributed by atoms with Crippen molar-refractivity contribution in [2.45, 2.75) is 26.9 Å². The Hall–Kier alpha value is -1.87. The van der Waals surface area contributed by atoms with Crippen molar-refractivity contribution < 1.29 is 9.50 Å². The zero-order valence-corrected chi connectivity index (χ0v) is 12.1. The van der Waals surface area contributed by atoms with Gasteiger partial charge in [0.05, 0.1) is 6.10 Å². The Morgan fingerprint density at radius 1 is 1.10 bits per heavy atom. The van der Waals surface area contributed by atoms with E-state index in [1.54, 1.807) is 19.1 Å². The zero-order valence-electron chi connectivity index (χ0n) is 12.1. The lowest BCUT2D eigenvalue weighted by Gasteiger charge is -2.16.